The van der Waals surface area contributed by atoms with E-state index in [-0.39, 0.29) is 11.0 Å². The van der Waals surface area contributed by atoms with Crippen molar-refractivity contribution in [1.29, 1.82) is 0 Å². The molecule has 6 nitrogen and oxygen atoms in total. The fraction of sp³-hybridized carbons (Fsp3) is 0.143. The minimum atomic E-state index is -5.72. The number of alkyl halides is 3. The van der Waals surface area contributed by atoms with Crippen molar-refractivity contribution in [3.63, 3.8) is 0 Å². The Balaban J connectivity index is 2.47. The van der Waals surface area contributed by atoms with E-state index in [1.807, 2.05) is 0 Å². The van der Waals surface area contributed by atoms with Gasteiger partial charge in [0.15, 0.2) is 0 Å². The average molecular weight is 267 g/mol. The van der Waals surface area contributed by atoms with Gasteiger partial charge in [0.2, 0.25) is 5.88 Å². The molecule has 1 N–H and O–H groups in total. The normalized spacial score (nSPS) is 12.9. The predicted molar refractivity (Wildman–Crippen MR) is 49.5 cm³/mol. The lowest BCUT2D eigenvalue weighted by molar-refractivity contribution is -0.0500. The number of hydrogen-bond donors (Lipinski definition) is 1. The van der Waals surface area contributed by atoms with E-state index in [9.17, 15) is 21.6 Å². The number of H-pyrrole nitrogens is 1. The lowest BCUT2D eigenvalue weighted by Gasteiger charge is -2.08. The molecule has 0 fully saturated rings. The van der Waals surface area contributed by atoms with Crippen molar-refractivity contribution in [3.8, 4) is 5.88 Å². The minimum Gasteiger partial charge on any atom is -0.354 e. The van der Waals surface area contributed by atoms with Gasteiger partial charge in [0.05, 0.1) is 5.39 Å². The number of rotatable bonds is 2. The Labute approximate surface area is 92.6 Å². The van der Waals surface area contributed by atoms with Gasteiger partial charge in [0.25, 0.3) is 0 Å². The molecule has 0 saturated carbocycles. The molecule has 0 amide bonds. The van der Waals surface area contributed by atoms with Gasteiger partial charge in [0.1, 0.15) is 12.0 Å². The van der Waals surface area contributed by atoms with Gasteiger partial charge in [-0.2, -0.15) is 21.6 Å². The maximum Gasteiger partial charge on any atom is 0.534 e. The fourth-order valence-corrected chi connectivity index (χ4v) is 1.50. The highest BCUT2D eigenvalue weighted by atomic mass is 32.2. The number of nitrogens with zero attached hydrogens (tertiary/aromatic N) is 2. The van der Waals surface area contributed by atoms with E-state index in [0.717, 1.165) is 6.33 Å². The highest BCUT2D eigenvalue weighted by Gasteiger charge is 2.49. The molecular weight excluding hydrogens is 263 g/mol. The summed E-state index contributed by atoms with van der Waals surface area (Å²) in [5, 5.41) is 0.0420. The fourth-order valence-electron chi connectivity index (χ4n) is 1.07. The van der Waals surface area contributed by atoms with Crippen LogP contribution in [0.1, 0.15) is 0 Å². The summed E-state index contributed by atoms with van der Waals surface area (Å²) in [4.78, 5) is 9.59. The van der Waals surface area contributed by atoms with Crippen LogP contribution >= 0.6 is 0 Å². The van der Waals surface area contributed by atoms with Gasteiger partial charge in [-0.05, 0) is 6.07 Å². The molecule has 2 aromatic rings. The van der Waals surface area contributed by atoms with E-state index < -0.39 is 21.5 Å². The second kappa shape index (κ2) is 3.58. The van der Waals surface area contributed by atoms with Gasteiger partial charge in [0, 0.05) is 6.20 Å². The number of hydrogen-bond acceptors (Lipinski definition) is 5. The molecule has 2 heterocycles. The van der Waals surface area contributed by atoms with E-state index in [2.05, 4.69) is 19.1 Å². The Kier molecular flexibility index (Phi) is 2.45. The van der Waals surface area contributed by atoms with Crippen LogP contribution in [0.4, 0.5) is 13.2 Å². The first kappa shape index (κ1) is 11.6. The molecule has 92 valence electrons. The molecule has 0 radical (unpaired) electrons. The van der Waals surface area contributed by atoms with Crippen molar-refractivity contribution < 1.29 is 25.8 Å². The molecule has 0 bridgehead atoms. The van der Waals surface area contributed by atoms with E-state index in [1.165, 1.54) is 12.3 Å². The summed E-state index contributed by atoms with van der Waals surface area (Å²) in [6.45, 7) is 0. The first-order chi connectivity index (χ1) is 7.81. The summed E-state index contributed by atoms with van der Waals surface area (Å²) in [7, 11) is -5.72. The molecule has 0 aliphatic rings. The van der Waals surface area contributed by atoms with Gasteiger partial charge in [-0.25, -0.2) is 9.97 Å². The molecule has 0 saturated heterocycles. The first-order valence-electron chi connectivity index (χ1n) is 4.10. The third-order valence-electron chi connectivity index (χ3n) is 1.79. The van der Waals surface area contributed by atoms with Crippen LogP contribution in [-0.4, -0.2) is 28.9 Å². The van der Waals surface area contributed by atoms with Crippen molar-refractivity contribution in [1.82, 2.24) is 15.0 Å². The van der Waals surface area contributed by atoms with Crippen LogP contribution in [0.3, 0.4) is 0 Å². The Morgan fingerprint density at radius 1 is 1.29 bits per heavy atom. The van der Waals surface area contributed by atoms with Crippen LogP contribution in [0, 0.1) is 0 Å². The summed E-state index contributed by atoms with van der Waals surface area (Å²) >= 11 is 0. The molecule has 2 aromatic heterocycles. The highest BCUT2D eigenvalue weighted by Crippen LogP contribution is 2.28. The van der Waals surface area contributed by atoms with E-state index in [0.29, 0.717) is 0 Å². The lowest BCUT2D eigenvalue weighted by atomic mass is 10.4. The quantitative estimate of drug-likeness (QED) is 0.652. The molecule has 10 heteroatoms. The standard InChI is InChI=1S/C7H4F3N3O3S/c8-7(9,10)17(14,15)16-6-4-1-2-11-5(4)12-3-13-6/h1-3H,(H,11,12,13). The smallest absolute Gasteiger partial charge is 0.354 e. The third-order valence-corrected chi connectivity index (χ3v) is 2.73. The van der Waals surface area contributed by atoms with Crippen molar-refractivity contribution in [2.75, 3.05) is 0 Å². The number of halogens is 3. The Morgan fingerprint density at radius 3 is 2.65 bits per heavy atom. The maximum atomic E-state index is 12.1. The summed E-state index contributed by atoms with van der Waals surface area (Å²) in [5.41, 5.74) is -5.33. The number of aromatic nitrogens is 3. The van der Waals surface area contributed by atoms with E-state index in [4.69, 9.17) is 0 Å². The summed E-state index contributed by atoms with van der Waals surface area (Å²) in [6, 6.07) is 1.30. The van der Waals surface area contributed by atoms with Gasteiger partial charge < -0.3 is 9.17 Å². The van der Waals surface area contributed by atoms with Gasteiger partial charge >= 0.3 is 15.6 Å². The summed E-state index contributed by atoms with van der Waals surface area (Å²) in [5.74, 6) is -0.673. The monoisotopic (exact) mass is 267 g/mol. The Bertz CT molecular complexity index is 649. The Morgan fingerprint density at radius 2 is 2.00 bits per heavy atom. The molecule has 0 atom stereocenters. The van der Waals surface area contributed by atoms with Crippen LogP contribution < -0.4 is 4.18 Å². The number of aromatic amines is 1. The molecule has 0 aromatic carbocycles. The van der Waals surface area contributed by atoms with Crippen LogP contribution in [-0.2, 0) is 10.1 Å². The molecule has 2 rings (SSSR count). The zero-order valence-electron chi connectivity index (χ0n) is 7.89. The van der Waals surface area contributed by atoms with E-state index in [1.54, 1.807) is 0 Å². The Hall–Kier alpha value is -1.84. The van der Waals surface area contributed by atoms with Crippen LogP contribution in [0.5, 0.6) is 5.88 Å². The first-order valence-corrected chi connectivity index (χ1v) is 5.51. The summed E-state index contributed by atoms with van der Waals surface area (Å²) < 4.78 is 61.7. The summed E-state index contributed by atoms with van der Waals surface area (Å²) in [6.07, 6.45) is 2.26. The zero-order valence-corrected chi connectivity index (χ0v) is 8.71. The van der Waals surface area contributed by atoms with Crippen molar-refractivity contribution in [2.45, 2.75) is 5.51 Å². The third kappa shape index (κ3) is 2.02. The number of fused-ring (bicyclic) bond motifs is 1. The molecule has 0 aliphatic carbocycles. The minimum absolute atomic E-state index is 0.0420. The molecule has 0 aliphatic heterocycles. The van der Waals surface area contributed by atoms with Gasteiger partial charge in [-0.3, -0.25) is 0 Å². The number of nitrogens with one attached hydrogen (secondary N) is 1. The average Bonchev–Trinajstić information content (AvgIpc) is 2.64. The topological polar surface area (TPSA) is 84.9 Å². The van der Waals surface area contributed by atoms with E-state index >= 15 is 0 Å². The molecule has 0 spiro atoms. The molecule has 0 unspecified atom stereocenters. The maximum absolute atomic E-state index is 12.1. The van der Waals surface area contributed by atoms with Gasteiger partial charge in [-0.15, -0.1) is 0 Å². The second-order valence-corrected chi connectivity index (χ2v) is 4.44. The lowest BCUT2D eigenvalue weighted by Crippen LogP contribution is -2.28. The SMILES string of the molecule is O=S(=O)(Oc1ncnc2[nH]ccc12)C(F)(F)F. The van der Waals surface area contributed by atoms with Gasteiger partial charge in [-0.1, -0.05) is 0 Å². The predicted octanol–water partition coefficient (Wildman–Crippen LogP) is 1.19. The zero-order chi connectivity index (χ0) is 12.7. The van der Waals surface area contributed by atoms with Crippen molar-refractivity contribution in [3.05, 3.63) is 18.6 Å². The van der Waals surface area contributed by atoms with Crippen LogP contribution in [0.2, 0.25) is 0 Å². The molecular formula is C7H4F3N3O3S. The largest absolute Gasteiger partial charge is 0.534 e. The van der Waals surface area contributed by atoms with Crippen molar-refractivity contribution >= 4 is 21.2 Å². The van der Waals surface area contributed by atoms with Crippen LogP contribution in [0.15, 0.2) is 18.6 Å². The highest BCUT2D eigenvalue weighted by molar-refractivity contribution is 7.88. The molecule has 17 heavy (non-hydrogen) atoms. The van der Waals surface area contributed by atoms with Crippen LogP contribution in [0.25, 0.3) is 11.0 Å². The van der Waals surface area contributed by atoms with Crippen molar-refractivity contribution in [2.24, 2.45) is 0 Å². The second-order valence-electron chi connectivity index (χ2n) is 2.90.